The van der Waals surface area contributed by atoms with Crippen LogP contribution in [0.2, 0.25) is 0 Å². The molecule has 3 aromatic rings. The first-order valence-corrected chi connectivity index (χ1v) is 10.8. The number of hydrogen-bond donors (Lipinski definition) is 0. The minimum atomic E-state index is 0.847. The number of pyridine rings is 1. The van der Waals surface area contributed by atoms with Crippen molar-refractivity contribution in [1.82, 2.24) is 19.9 Å². The fourth-order valence-electron chi connectivity index (χ4n) is 3.87. The summed E-state index contributed by atoms with van der Waals surface area (Å²) in [6.07, 6.45) is 8.39. The van der Waals surface area contributed by atoms with Gasteiger partial charge in [0.05, 0.1) is 22.0 Å². The summed E-state index contributed by atoms with van der Waals surface area (Å²) in [5.74, 6) is 0.847. The van der Waals surface area contributed by atoms with E-state index in [0.29, 0.717) is 0 Å². The minimum absolute atomic E-state index is 0.847. The van der Waals surface area contributed by atoms with Crippen molar-refractivity contribution in [3.05, 3.63) is 64.7 Å². The van der Waals surface area contributed by atoms with Crippen LogP contribution in [0.5, 0.6) is 0 Å². The highest BCUT2D eigenvalue weighted by Crippen LogP contribution is 2.24. The Bertz CT molecular complexity index is 979. The number of thiophene rings is 1. The molecule has 0 unspecified atom stereocenters. The van der Waals surface area contributed by atoms with Crippen molar-refractivity contribution in [2.45, 2.75) is 38.8 Å². The zero-order valence-electron chi connectivity index (χ0n) is 15.8. The van der Waals surface area contributed by atoms with Crippen LogP contribution in [0.3, 0.4) is 0 Å². The summed E-state index contributed by atoms with van der Waals surface area (Å²) in [6, 6.07) is 8.49. The van der Waals surface area contributed by atoms with E-state index < -0.39 is 0 Å². The van der Waals surface area contributed by atoms with E-state index in [1.165, 1.54) is 34.5 Å². The topological polar surface area (TPSA) is 54.3 Å². The number of hydrogen-bond acceptors (Lipinski definition) is 6. The van der Waals surface area contributed by atoms with E-state index in [1.807, 2.05) is 12.4 Å². The van der Waals surface area contributed by atoms with Crippen LogP contribution in [0.1, 0.15) is 41.9 Å². The molecule has 0 N–H and O–H groups in total. The third-order valence-electron chi connectivity index (χ3n) is 5.40. The summed E-state index contributed by atoms with van der Waals surface area (Å²) in [7, 11) is 0. The minimum Gasteiger partial charge on any atom is -0.294 e. The first-order valence-electron chi connectivity index (χ1n) is 9.95. The second-order valence-corrected chi connectivity index (χ2v) is 8.39. The van der Waals surface area contributed by atoms with E-state index in [4.69, 9.17) is 4.98 Å². The molecule has 2 aliphatic rings. The fraction of sp³-hybridized carbons (Fsp3) is 0.364. The van der Waals surface area contributed by atoms with Gasteiger partial charge in [-0.3, -0.25) is 14.9 Å². The van der Waals surface area contributed by atoms with Gasteiger partial charge >= 0.3 is 0 Å². The highest BCUT2D eigenvalue weighted by Gasteiger charge is 2.20. The van der Waals surface area contributed by atoms with Crippen LogP contribution in [0.4, 0.5) is 0 Å². The molecule has 6 heteroatoms. The smallest absolute Gasteiger partial charge is 0.173 e. The maximum atomic E-state index is 4.84. The lowest BCUT2D eigenvalue weighted by Crippen LogP contribution is -2.31. The predicted molar refractivity (Wildman–Crippen MR) is 113 cm³/mol. The van der Waals surface area contributed by atoms with Gasteiger partial charge in [0.1, 0.15) is 0 Å². The maximum absolute atomic E-state index is 4.84. The van der Waals surface area contributed by atoms with Crippen LogP contribution in [0.15, 0.2) is 47.0 Å². The second kappa shape index (κ2) is 7.89. The molecule has 0 radical (unpaired) electrons. The molecule has 0 aliphatic carbocycles. The highest BCUT2D eigenvalue weighted by atomic mass is 32.1. The molecule has 0 atom stereocenters. The summed E-state index contributed by atoms with van der Waals surface area (Å²) in [5.41, 5.74) is 5.83. The van der Waals surface area contributed by atoms with Gasteiger partial charge in [-0.2, -0.15) is 0 Å². The molecular formula is C22H23N5S. The van der Waals surface area contributed by atoms with Crippen LogP contribution in [0.25, 0.3) is 10.6 Å². The summed E-state index contributed by atoms with van der Waals surface area (Å²) in [6.45, 7) is 3.74. The van der Waals surface area contributed by atoms with Crippen LogP contribution >= 0.6 is 11.3 Å². The molecule has 0 spiro atoms. The van der Waals surface area contributed by atoms with Crippen molar-refractivity contribution in [3.63, 3.8) is 0 Å². The van der Waals surface area contributed by atoms with E-state index in [-0.39, 0.29) is 0 Å². The Morgan fingerprint density at radius 2 is 2.04 bits per heavy atom. The normalized spacial score (nSPS) is 17.2. The highest BCUT2D eigenvalue weighted by molar-refractivity contribution is 7.13. The van der Waals surface area contributed by atoms with Gasteiger partial charge in [0.25, 0.3) is 0 Å². The van der Waals surface area contributed by atoms with Crippen LogP contribution in [0, 0.1) is 0 Å². The average molecular weight is 390 g/mol. The quantitative estimate of drug-likeness (QED) is 0.673. The van der Waals surface area contributed by atoms with E-state index in [9.17, 15) is 0 Å². The fourth-order valence-corrected chi connectivity index (χ4v) is 4.58. The van der Waals surface area contributed by atoms with Crippen molar-refractivity contribution in [2.75, 3.05) is 13.1 Å². The zero-order valence-corrected chi connectivity index (χ0v) is 16.7. The van der Waals surface area contributed by atoms with Gasteiger partial charge < -0.3 is 0 Å². The summed E-state index contributed by atoms with van der Waals surface area (Å²) < 4.78 is 0. The van der Waals surface area contributed by atoms with E-state index in [2.05, 4.69) is 49.5 Å². The Labute approximate surface area is 169 Å². The first-order chi connectivity index (χ1) is 13.8. The Morgan fingerprint density at radius 3 is 2.82 bits per heavy atom. The lowest BCUT2D eigenvalue weighted by atomic mass is 10.0. The Morgan fingerprint density at radius 1 is 1.04 bits per heavy atom. The molecule has 0 aromatic carbocycles. The molecule has 5 rings (SSSR count). The predicted octanol–water partition coefficient (Wildman–Crippen LogP) is 4.13. The largest absolute Gasteiger partial charge is 0.294 e. The lowest BCUT2D eigenvalue weighted by molar-refractivity contribution is 0.242. The second-order valence-electron chi connectivity index (χ2n) is 7.44. The molecule has 142 valence electrons. The molecule has 28 heavy (non-hydrogen) atoms. The number of rotatable bonds is 4. The molecule has 5 nitrogen and oxygen atoms in total. The zero-order chi connectivity index (χ0) is 18.8. The van der Waals surface area contributed by atoms with Crippen molar-refractivity contribution < 1.29 is 0 Å². The molecule has 0 saturated carbocycles. The van der Waals surface area contributed by atoms with Crippen LogP contribution < -0.4 is 0 Å². The Kier molecular flexibility index (Phi) is 4.97. The first kappa shape index (κ1) is 17.6. The number of nitrogens with zero attached hydrogens (tertiary/aromatic N) is 5. The number of fused-ring (bicyclic) bond motifs is 1. The summed E-state index contributed by atoms with van der Waals surface area (Å²) in [5, 5.41) is 2.09. The summed E-state index contributed by atoms with van der Waals surface area (Å²) >= 11 is 1.73. The molecule has 0 amide bonds. The molecular weight excluding hydrogens is 366 g/mol. The molecule has 2 aliphatic heterocycles. The SMILES string of the molecule is c1csc(-c2ccc(CN3CCc4nc(C5=NCCCC5)ncc4C3)cn2)c1. The third-order valence-corrected chi connectivity index (χ3v) is 6.29. The average Bonchev–Trinajstić information content (AvgIpc) is 3.29. The number of aliphatic imine (C=N–C) groups is 1. The Hall–Kier alpha value is -2.44. The molecule has 0 saturated heterocycles. The maximum Gasteiger partial charge on any atom is 0.173 e. The Balaban J connectivity index is 1.26. The number of aromatic nitrogens is 3. The van der Waals surface area contributed by atoms with Crippen molar-refractivity contribution in [2.24, 2.45) is 4.99 Å². The standard InChI is InChI=1S/C22H23N5S/c1-2-9-23-20(4-1)22-25-13-17-15-27(10-8-18(17)26-22)14-16-6-7-19(24-12-16)21-5-3-11-28-21/h3,5-7,11-13H,1-2,4,8-10,14-15H2. The molecule has 0 fully saturated rings. The monoisotopic (exact) mass is 389 g/mol. The van der Waals surface area contributed by atoms with Gasteiger partial charge in [-0.15, -0.1) is 11.3 Å². The van der Waals surface area contributed by atoms with Gasteiger partial charge in [-0.05, 0) is 42.3 Å². The van der Waals surface area contributed by atoms with Crippen molar-refractivity contribution in [1.29, 1.82) is 0 Å². The molecule has 3 aromatic heterocycles. The van der Waals surface area contributed by atoms with Crippen LogP contribution in [-0.4, -0.2) is 38.7 Å². The van der Waals surface area contributed by atoms with Crippen LogP contribution in [-0.2, 0) is 19.5 Å². The van der Waals surface area contributed by atoms with E-state index in [1.54, 1.807) is 11.3 Å². The van der Waals surface area contributed by atoms with Gasteiger partial charge in [0, 0.05) is 50.6 Å². The van der Waals surface area contributed by atoms with Crippen molar-refractivity contribution in [3.8, 4) is 10.6 Å². The van der Waals surface area contributed by atoms with Crippen molar-refractivity contribution >= 4 is 17.0 Å². The van der Waals surface area contributed by atoms with E-state index >= 15 is 0 Å². The van der Waals surface area contributed by atoms with Gasteiger partial charge in [-0.25, -0.2) is 9.97 Å². The van der Waals surface area contributed by atoms with E-state index in [0.717, 1.165) is 56.3 Å². The lowest BCUT2D eigenvalue weighted by Gasteiger charge is -2.28. The third kappa shape index (κ3) is 3.75. The molecule has 5 heterocycles. The summed E-state index contributed by atoms with van der Waals surface area (Å²) in [4.78, 5) is 22.4. The van der Waals surface area contributed by atoms with Gasteiger partial charge in [-0.1, -0.05) is 12.1 Å². The van der Waals surface area contributed by atoms with Gasteiger partial charge in [0.2, 0.25) is 0 Å². The van der Waals surface area contributed by atoms with Gasteiger partial charge in [0.15, 0.2) is 5.82 Å². The molecule has 0 bridgehead atoms.